The summed E-state index contributed by atoms with van der Waals surface area (Å²) in [6, 6.07) is 14.4. The molecule has 2 rings (SSSR count). The standard InChI is InChI=1S/C20H24FN3O2/c1-2-6-18(19(25)22-13-15-7-4-3-5-8-15)24-20(26)23-14-16-9-11-17(21)12-10-16/h3-5,7-12,18H,2,6,13-14H2,1H3,(H,22,25)(H2,23,24,26)/t18-/m1/s1. The van der Waals surface area contributed by atoms with E-state index in [-0.39, 0.29) is 18.3 Å². The maximum absolute atomic E-state index is 12.9. The lowest BCUT2D eigenvalue weighted by atomic mass is 10.1. The van der Waals surface area contributed by atoms with Crippen molar-refractivity contribution < 1.29 is 14.0 Å². The third-order valence-corrected chi connectivity index (χ3v) is 3.88. The second-order valence-electron chi connectivity index (χ2n) is 6.00. The fraction of sp³-hybridized carbons (Fsp3) is 0.300. The van der Waals surface area contributed by atoms with Gasteiger partial charge in [0.1, 0.15) is 11.9 Å². The van der Waals surface area contributed by atoms with E-state index in [9.17, 15) is 14.0 Å². The van der Waals surface area contributed by atoms with Gasteiger partial charge in [-0.05, 0) is 29.7 Å². The number of nitrogens with one attached hydrogen (secondary N) is 3. The van der Waals surface area contributed by atoms with Crippen LogP contribution in [0.15, 0.2) is 54.6 Å². The molecule has 6 heteroatoms. The molecule has 0 bridgehead atoms. The number of halogens is 1. The van der Waals surface area contributed by atoms with Crippen LogP contribution in [0.4, 0.5) is 9.18 Å². The van der Waals surface area contributed by atoms with E-state index in [2.05, 4.69) is 16.0 Å². The molecule has 2 aromatic carbocycles. The van der Waals surface area contributed by atoms with Gasteiger partial charge < -0.3 is 16.0 Å². The highest BCUT2D eigenvalue weighted by Gasteiger charge is 2.19. The highest BCUT2D eigenvalue weighted by Crippen LogP contribution is 2.03. The minimum absolute atomic E-state index is 0.215. The minimum Gasteiger partial charge on any atom is -0.350 e. The summed E-state index contributed by atoms with van der Waals surface area (Å²) in [6.07, 6.45) is 1.31. The van der Waals surface area contributed by atoms with Crippen molar-refractivity contribution in [3.63, 3.8) is 0 Å². The number of rotatable bonds is 8. The van der Waals surface area contributed by atoms with Gasteiger partial charge >= 0.3 is 6.03 Å². The van der Waals surface area contributed by atoms with Crippen molar-refractivity contribution in [1.82, 2.24) is 16.0 Å². The topological polar surface area (TPSA) is 70.2 Å². The van der Waals surface area contributed by atoms with Crippen molar-refractivity contribution in [2.75, 3.05) is 0 Å². The Morgan fingerprint density at radius 1 is 0.923 bits per heavy atom. The third kappa shape index (κ3) is 6.55. The average molecular weight is 357 g/mol. The van der Waals surface area contributed by atoms with Crippen LogP contribution in [0.1, 0.15) is 30.9 Å². The zero-order chi connectivity index (χ0) is 18.8. The summed E-state index contributed by atoms with van der Waals surface area (Å²) in [5.74, 6) is -0.538. The van der Waals surface area contributed by atoms with Crippen LogP contribution in [0.2, 0.25) is 0 Å². The summed E-state index contributed by atoms with van der Waals surface area (Å²) in [5, 5.41) is 8.23. The zero-order valence-corrected chi connectivity index (χ0v) is 14.8. The Labute approximate surface area is 153 Å². The van der Waals surface area contributed by atoms with Gasteiger partial charge in [-0.15, -0.1) is 0 Å². The Kier molecular flexibility index (Phi) is 7.61. The van der Waals surface area contributed by atoms with Crippen molar-refractivity contribution >= 4 is 11.9 Å². The molecule has 0 saturated heterocycles. The summed E-state index contributed by atoms with van der Waals surface area (Å²) in [6.45, 7) is 2.63. The Morgan fingerprint density at radius 2 is 1.54 bits per heavy atom. The average Bonchev–Trinajstić information content (AvgIpc) is 2.66. The minimum atomic E-state index is -0.600. The molecule has 0 aliphatic rings. The van der Waals surface area contributed by atoms with Crippen LogP contribution in [-0.2, 0) is 17.9 Å². The number of amides is 3. The Morgan fingerprint density at radius 3 is 2.19 bits per heavy atom. The molecular weight excluding hydrogens is 333 g/mol. The normalized spacial score (nSPS) is 11.5. The summed E-state index contributed by atoms with van der Waals surface area (Å²) in [7, 11) is 0. The summed E-state index contributed by atoms with van der Waals surface area (Å²) < 4.78 is 12.9. The fourth-order valence-corrected chi connectivity index (χ4v) is 2.46. The lowest BCUT2D eigenvalue weighted by molar-refractivity contribution is -0.123. The first-order valence-corrected chi connectivity index (χ1v) is 8.69. The van der Waals surface area contributed by atoms with Crippen LogP contribution in [0, 0.1) is 5.82 Å². The number of hydrogen-bond acceptors (Lipinski definition) is 2. The molecule has 0 aliphatic heterocycles. The molecule has 26 heavy (non-hydrogen) atoms. The predicted octanol–water partition coefficient (Wildman–Crippen LogP) is 3.11. The van der Waals surface area contributed by atoms with E-state index in [1.807, 2.05) is 37.3 Å². The molecule has 0 spiro atoms. The van der Waals surface area contributed by atoms with Crippen LogP contribution in [0.5, 0.6) is 0 Å². The first-order chi connectivity index (χ1) is 12.6. The molecule has 0 aliphatic carbocycles. The van der Waals surface area contributed by atoms with Gasteiger partial charge in [-0.2, -0.15) is 0 Å². The van der Waals surface area contributed by atoms with Gasteiger partial charge in [0, 0.05) is 13.1 Å². The maximum Gasteiger partial charge on any atom is 0.315 e. The molecule has 0 saturated carbocycles. The number of hydrogen-bond donors (Lipinski definition) is 3. The molecule has 0 unspecified atom stereocenters. The highest BCUT2D eigenvalue weighted by atomic mass is 19.1. The van der Waals surface area contributed by atoms with Gasteiger partial charge in [0.15, 0.2) is 0 Å². The lowest BCUT2D eigenvalue weighted by Gasteiger charge is -2.18. The second kappa shape index (κ2) is 10.2. The SMILES string of the molecule is CCC[C@@H](NC(=O)NCc1ccc(F)cc1)C(=O)NCc1ccccc1. The van der Waals surface area contributed by atoms with E-state index in [1.165, 1.54) is 12.1 Å². The predicted molar refractivity (Wildman–Crippen MR) is 98.8 cm³/mol. The van der Waals surface area contributed by atoms with Crippen molar-refractivity contribution in [3.8, 4) is 0 Å². The summed E-state index contributed by atoms with van der Waals surface area (Å²) in [5.41, 5.74) is 1.78. The molecule has 3 amide bonds. The van der Waals surface area contributed by atoms with Crippen molar-refractivity contribution in [2.24, 2.45) is 0 Å². The van der Waals surface area contributed by atoms with E-state index >= 15 is 0 Å². The van der Waals surface area contributed by atoms with Crippen LogP contribution < -0.4 is 16.0 Å². The quantitative estimate of drug-likeness (QED) is 0.679. The molecule has 5 nitrogen and oxygen atoms in total. The molecule has 1 atom stereocenters. The molecule has 0 radical (unpaired) electrons. The first-order valence-electron chi connectivity index (χ1n) is 8.69. The van der Waals surface area contributed by atoms with Gasteiger partial charge in [0.05, 0.1) is 0 Å². The summed E-state index contributed by atoms with van der Waals surface area (Å²) in [4.78, 5) is 24.4. The number of carbonyl (C=O) groups is 2. The van der Waals surface area contributed by atoms with Gasteiger partial charge in [0.25, 0.3) is 0 Å². The summed E-state index contributed by atoms with van der Waals surface area (Å²) >= 11 is 0. The Bertz CT molecular complexity index is 705. The van der Waals surface area contributed by atoms with Crippen LogP contribution in [0.25, 0.3) is 0 Å². The van der Waals surface area contributed by atoms with Crippen LogP contribution in [0.3, 0.4) is 0 Å². The number of carbonyl (C=O) groups excluding carboxylic acids is 2. The van der Waals surface area contributed by atoms with E-state index in [0.29, 0.717) is 13.0 Å². The molecule has 0 fully saturated rings. The smallest absolute Gasteiger partial charge is 0.315 e. The second-order valence-corrected chi connectivity index (χ2v) is 6.00. The van der Waals surface area contributed by atoms with Gasteiger partial charge in [0.2, 0.25) is 5.91 Å². The van der Waals surface area contributed by atoms with E-state index < -0.39 is 12.1 Å². The highest BCUT2D eigenvalue weighted by molar-refractivity contribution is 5.86. The molecule has 0 aromatic heterocycles. The molecular formula is C20H24FN3O2. The molecule has 138 valence electrons. The Hall–Kier alpha value is -2.89. The lowest BCUT2D eigenvalue weighted by Crippen LogP contribution is -2.49. The largest absolute Gasteiger partial charge is 0.350 e. The van der Waals surface area contributed by atoms with Gasteiger partial charge in [-0.25, -0.2) is 9.18 Å². The zero-order valence-electron chi connectivity index (χ0n) is 14.8. The van der Waals surface area contributed by atoms with Crippen molar-refractivity contribution in [2.45, 2.75) is 38.9 Å². The molecule has 0 heterocycles. The van der Waals surface area contributed by atoms with E-state index in [4.69, 9.17) is 0 Å². The van der Waals surface area contributed by atoms with Gasteiger partial charge in [-0.1, -0.05) is 55.8 Å². The number of urea groups is 1. The van der Waals surface area contributed by atoms with Crippen molar-refractivity contribution in [1.29, 1.82) is 0 Å². The van der Waals surface area contributed by atoms with Crippen LogP contribution >= 0.6 is 0 Å². The monoisotopic (exact) mass is 357 g/mol. The van der Waals surface area contributed by atoms with Gasteiger partial charge in [-0.3, -0.25) is 4.79 Å². The Balaban J connectivity index is 1.82. The van der Waals surface area contributed by atoms with Crippen molar-refractivity contribution in [3.05, 3.63) is 71.5 Å². The maximum atomic E-state index is 12.9. The fourth-order valence-electron chi connectivity index (χ4n) is 2.46. The van der Waals surface area contributed by atoms with Crippen LogP contribution in [-0.4, -0.2) is 18.0 Å². The molecule has 3 N–H and O–H groups in total. The molecule has 2 aromatic rings. The first kappa shape index (κ1) is 19.4. The third-order valence-electron chi connectivity index (χ3n) is 3.88. The number of benzene rings is 2. The van der Waals surface area contributed by atoms with E-state index in [1.54, 1.807) is 12.1 Å². The van der Waals surface area contributed by atoms with E-state index in [0.717, 1.165) is 17.5 Å².